The van der Waals surface area contributed by atoms with Gasteiger partial charge in [0.1, 0.15) is 5.75 Å². The van der Waals surface area contributed by atoms with E-state index in [1.54, 1.807) is 11.8 Å². The Morgan fingerprint density at radius 3 is 2.35 bits per heavy atom. The van der Waals surface area contributed by atoms with Gasteiger partial charge in [-0.3, -0.25) is 4.79 Å². The van der Waals surface area contributed by atoms with Crippen molar-refractivity contribution in [3.8, 4) is 5.75 Å². The molecule has 1 atom stereocenters. The maximum atomic E-state index is 12.8. The number of hydrogen-bond donors (Lipinski definition) is 1. The third kappa shape index (κ3) is 5.47. The average Bonchev–Trinajstić information content (AvgIpc) is 2.82. The van der Waals surface area contributed by atoms with Gasteiger partial charge in [0.15, 0.2) is 6.10 Å². The Bertz CT molecular complexity index is 1140. The van der Waals surface area contributed by atoms with Crippen LogP contribution < -0.4 is 10.1 Å². The number of rotatable bonds is 8. The molecule has 0 heterocycles. The van der Waals surface area contributed by atoms with Crippen molar-refractivity contribution in [2.45, 2.75) is 30.1 Å². The first-order valence-electron chi connectivity index (χ1n) is 10.4. The standard InChI is InChI=1S/C27H25NO2S/c1-2-25(30-26-14-8-10-21-9-6-7-13-24(21)26)27(29)28-22-17-15-20(16-18-22)19-31-23-11-4-3-5-12-23/h3-18,25H,2,19H2,1H3,(H,28,29)/t25-/m1/s1. The van der Waals surface area contributed by atoms with Gasteiger partial charge in [0, 0.05) is 21.7 Å². The van der Waals surface area contributed by atoms with Gasteiger partial charge >= 0.3 is 0 Å². The predicted octanol–water partition coefficient (Wildman–Crippen LogP) is 6.93. The Kier molecular flexibility index (Phi) is 6.90. The van der Waals surface area contributed by atoms with E-state index in [9.17, 15) is 4.79 Å². The molecule has 0 saturated carbocycles. The molecule has 1 amide bonds. The molecular weight excluding hydrogens is 402 g/mol. The molecule has 1 N–H and O–H groups in total. The van der Waals surface area contributed by atoms with Crippen LogP contribution in [-0.4, -0.2) is 12.0 Å². The number of nitrogens with one attached hydrogen (secondary N) is 1. The minimum atomic E-state index is -0.556. The molecule has 4 aromatic rings. The van der Waals surface area contributed by atoms with Crippen molar-refractivity contribution in [3.05, 3.63) is 103 Å². The molecule has 31 heavy (non-hydrogen) atoms. The van der Waals surface area contributed by atoms with E-state index in [1.165, 1.54) is 10.5 Å². The lowest BCUT2D eigenvalue weighted by molar-refractivity contribution is -0.122. The fraction of sp³-hybridized carbons (Fsp3) is 0.148. The van der Waals surface area contributed by atoms with Crippen molar-refractivity contribution in [2.24, 2.45) is 0 Å². The average molecular weight is 428 g/mol. The molecule has 0 bridgehead atoms. The summed E-state index contributed by atoms with van der Waals surface area (Å²) < 4.78 is 6.11. The maximum absolute atomic E-state index is 12.8. The Morgan fingerprint density at radius 2 is 1.58 bits per heavy atom. The zero-order chi connectivity index (χ0) is 21.5. The van der Waals surface area contributed by atoms with E-state index >= 15 is 0 Å². The second kappa shape index (κ2) is 10.2. The number of carbonyl (C=O) groups is 1. The number of hydrogen-bond acceptors (Lipinski definition) is 3. The van der Waals surface area contributed by atoms with Crippen LogP contribution in [0.2, 0.25) is 0 Å². The molecule has 0 unspecified atom stereocenters. The van der Waals surface area contributed by atoms with E-state index in [0.29, 0.717) is 6.42 Å². The fourth-order valence-electron chi connectivity index (χ4n) is 3.36. The predicted molar refractivity (Wildman–Crippen MR) is 130 cm³/mol. The summed E-state index contributed by atoms with van der Waals surface area (Å²) in [5.74, 6) is 1.48. The van der Waals surface area contributed by atoms with Crippen molar-refractivity contribution in [1.82, 2.24) is 0 Å². The first kappa shape index (κ1) is 21.0. The van der Waals surface area contributed by atoms with Crippen molar-refractivity contribution in [3.63, 3.8) is 0 Å². The maximum Gasteiger partial charge on any atom is 0.265 e. The highest BCUT2D eigenvalue weighted by molar-refractivity contribution is 7.98. The van der Waals surface area contributed by atoms with Gasteiger partial charge in [-0.15, -0.1) is 11.8 Å². The van der Waals surface area contributed by atoms with E-state index < -0.39 is 6.10 Å². The van der Waals surface area contributed by atoms with Gasteiger partial charge in [-0.05, 0) is 47.7 Å². The van der Waals surface area contributed by atoms with Crippen LogP contribution in [0.25, 0.3) is 10.8 Å². The minimum Gasteiger partial charge on any atom is -0.480 e. The van der Waals surface area contributed by atoms with Gasteiger partial charge in [0.2, 0.25) is 0 Å². The molecule has 0 saturated heterocycles. The molecule has 0 aliphatic rings. The second-order valence-corrected chi connectivity index (χ2v) is 8.33. The highest BCUT2D eigenvalue weighted by Crippen LogP contribution is 2.27. The quantitative estimate of drug-likeness (QED) is 0.310. The number of thioether (sulfide) groups is 1. The van der Waals surface area contributed by atoms with Crippen LogP contribution >= 0.6 is 11.8 Å². The van der Waals surface area contributed by atoms with Gasteiger partial charge in [0.05, 0.1) is 0 Å². The zero-order valence-electron chi connectivity index (χ0n) is 17.5. The monoisotopic (exact) mass is 427 g/mol. The fourth-order valence-corrected chi connectivity index (χ4v) is 4.24. The number of fused-ring (bicyclic) bond motifs is 1. The van der Waals surface area contributed by atoms with Crippen molar-refractivity contribution < 1.29 is 9.53 Å². The van der Waals surface area contributed by atoms with Gasteiger partial charge in [-0.2, -0.15) is 0 Å². The van der Waals surface area contributed by atoms with Gasteiger partial charge < -0.3 is 10.1 Å². The van der Waals surface area contributed by atoms with E-state index in [1.807, 2.05) is 79.7 Å². The summed E-state index contributed by atoms with van der Waals surface area (Å²) in [6.45, 7) is 1.96. The van der Waals surface area contributed by atoms with Crippen LogP contribution in [0.4, 0.5) is 5.69 Å². The SMILES string of the molecule is CC[C@@H](Oc1cccc2ccccc12)C(=O)Nc1ccc(CSc2ccccc2)cc1. The number of carbonyl (C=O) groups excluding carboxylic acids is 1. The number of amides is 1. The summed E-state index contributed by atoms with van der Waals surface area (Å²) >= 11 is 1.80. The van der Waals surface area contributed by atoms with E-state index in [4.69, 9.17) is 4.74 Å². The second-order valence-electron chi connectivity index (χ2n) is 7.28. The molecule has 0 fully saturated rings. The van der Waals surface area contributed by atoms with Crippen LogP contribution in [0, 0.1) is 0 Å². The van der Waals surface area contributed by atoms with E-state index in [0.717, 1.165) is 28.0 Å². The molecular formula is C27H25NO2S. The summed E-state index contributed by atoms with van der Waals surface area (Å²) in [6.07, 6.45) is 0.0278. The molecule has 4 aromatic carbocycles. The van der Waals surface area contributed by atoms with E-state index in [-0.39, 0.29) is 5.91 Å². The highest BCUT2D eigenvalue weighted by atomic mass is 32.2. The number of anilines is 1. The lowest BCUT2D eigenvalue weighted by Gasteiger charge is -2.18. The highest BCUT2D eigenvalue weighted by Gasteiger charge is 2.19. The molecule has 0 aromatic heterocycles. The van der Waals surface area contributed by atoms with Crippen LogP contribution in [0.3, 0.4) is 0 Å². The Balaban J connectivity index is 1.38. The summed E-state index contributed by atoms with van der Waals surface area (Å²) in [6, 6.07) is 32.3. The van der Waals surface area contributed by atoms with E-state index in [2.05, 4.69) is 29.6 Å². The van der Waals surface area contributed by atoms with Crippen LogP contribution in [0.5, 0.6) is 5.75 Å². The molecule has 0 spiro atoms. The molecule has 0 aliphatic carbocycles. The normalized spacial score (nSPS) is 11.8. The van der Waals surface area contributed by atoms with Crippen molar-refractivity contribution in [1.29, 1.82) is 0 Å². The Hall–Kier alpha value is -3.24. The smallest absolute Gasteiger partial charge is 0.265 e. The van der Waals surface area contributed by atoms with Crippen LogP contribution in [0.1, 0.15) is 18.9 Å². The number of ether oxygens (including phenoxy) is 1. The molecule has 0 aliphatic heterocycles. The third-order valence-electron chi connectivity index (χ3n) is 5.05. The summed E-state index contributed by atoms with van der Waals surface area (Å²) in [7, 11) is 0. The number of benzene rings is 4. The Labute approximate surface area is 187 Å². The zero-order valence-corrected chi connectivity index (χ0v) is 18.3. The van der Waals surface area contributed by atoms with Crippen molar-refractivity contribution in [2.75, 3.05) is 5.32 Å². The first-order chi connectivity index (χ1) is 15.2. The summed E-state index contributed by atoms with van der Waals surface area (Å²) in [5.41, 5.74) is 1.99. The molecule has 156 valence electrons. The molecule has 0 radical (unpaired) electrons. The van der Waals surface area contributed by atoms with Crippen LogP contribution in [-0.2, 0) is 10.5 Å². The molecule has 3 nitrogen and oxygen atoms in total. The largest absolute Gasteiger partial charge is 0.480 e. The third-order valence-corrected chi connectivity index (χ3v) is 6.14. The minimum absolute atomic E-state index is 0.137. The lowest BCUT2D eigenvalue weighted by Crippen LogP contribution is -2.32. The molecule has 4 rings (SSSR count). The molecule has 4 heteroatoms. The van der Waals surface area contributed by atoms with Gasteiger partial charge in [-0.25, -0.2) is 0 Å². The topological polar surface area (TPSA) is 38.3 Å². The van der Waals surface area contributed by atoms with Crippen LogP contribution in [0.15, 0.2) is 102 Å². The van der Waals surface area contributed by atoms with Crippen molar-refractivity contribution >= 4 is 34.1 Å². The summed E-state index contributed by atoms with van der Waals surface area (Å²) in [4.78, 5) is 14.1. The lowest BCUT2D eigenvalue weighted by atomic mass is 10.1. The first-order valence-corrected chi connectivity index (χ1v) is 11.4. The Morgan fingerprint density at radius 1 is 0.871 bits per heavy atom. The summed E-state index contributed by atoms with van der Waals surface area (Å²) in [5, 5.41) is 5.10. The van der Waals surface area contributed by atoms with Gasteiger partial charge in [-0.1, -0.05) is 73.7 Å². The van der Waals surface area contributed by atoms with Gasteiger partial charge in [0.25, 0.3) is 5.91 Å².